The predicted molar refractivity (Wildman–Crippen MR) is 141 cm³/mol. The number of H-pyrrole nitrogens is 1. The summed E-state index contributed by atoms with van der Waals surface area (Å²) in [4.78, 5) is 29.6. The molecule has 6 nitrogen and oxygen atoms in total. The van der Waals surface area contributed by atoms with Gasteiger partial charge in [-0.2, -0.15) is 0 Å². The number of Topliss-reactive ketones (excluding diaryl/α,β-unsaturated/α-hetero) is 2. The van der Waals surface area contributed by atoms with Crippen molar-refractivity contribution in [3.05, 3.63) is 89.5 Å². The van der Waals surface area contributed by atoms with Crippen molar-refractivity contribution in [1.29, 1.82) is 0 Å². The van der Waals surface area contributed by atoms with Gasteiger partial charge in [-0.15, -0.1) is 0 Å². The van der Waals surface area contributed by atoms with E-state index in [-0.39, 0.29) is 11.0 Å². The number of anilines is 1. The van der Waals surface area contributed by atoms with Gasteiger partial charge in [0.2, 0.25) is 21.6 Å². The van der Waals surface area contributed by atoms with Gasteiger partial charge in [-0.05, 0) is 22.6 Å². The molecule has 180 valence electrons. The molecule has 1 N–H and O–H groups in total. The van der Waals surface area contributed by atoms with E-state index in [0.29, 0.717) is 27.8 Å². The molecule has 0 spiro atoms. The van der Waals surface area contributed by atoms with Crippen LogP contribution in [-0.2, 0) is 15.4 Å². The minimum Gasteiger partial charge on any atom is -0.339 e. The molecule has 3 aromatic carbocycles. The van der Waals surface area contributed by atoms with Gasteiger partial charge < -0.3 is 4.98 Å². The van der Waals surface area contributed by atoms with E-state index in [1.54, 1.807) is 24.3 Å². The van der Waals surface area contributed by atoms with E-state index < -0.39 is 21.6 Å². The minimum absolute atomic E-state index is 0.0721. The molecule has 4 aromatic rings. The van der Waals surface area contributed by atoms with Gasteiger partial charge in [0.15, 0.2) is 0 Å². The summed E-state index contributed by atoms with van der Waals surface area (Å²) in [6.45, 7) is 6.24. The largest absolute Gasteiger partial charge is 0.339 e. The zero-order valence-corrected chi connectivity index (χ0v) is 21.2. The Bertz CT molecular complexity index is 1530. The van der Waals surface area contributed by atoms with Crippen LogP contribution in [0.15, 0.2) is 72.8 Å². The third kappa shape index (κ3) is 4.64. The third-order valence-electron chi connectivity index (χ3n) is 6.15. The Morgan fingerprint density at radius 2 is 1.46 bits per heavy atom. The normalized spacial score (nSPS) is 12.0. The van der Waals surface area contributed by atoms with E-state index in [1.165, 1.54) is 7.05 Å². The standard InChI is InChI=1S/C28H28N2O4S/c1-28(2,3)20-16-14-19(15-17-20)25(31)26(32)22-13-9-12-21-23(18-10-7-6-8-11-18)27(29-24(21)22)30(4)35(5,33)34/h6-17,29H,1-5H3. The first kappa shape index (κ1) is 24.4. The first-order valence-electron chi connectivity index (χ1n) is 11.2. The van der Waals surface area contributed by atoms with Crippen molar-refractivity contribution in [2.45, 2.75) is 26.2 Å². The van der Waals surface area contributed by atoms with Crippen molar-refractivity contribution < 1.29 is 18.0 Å². The van der Waals surface area contributed by atoms with Crippen LogP contribution in [0, 0.1) is 0 Å². The van der Waals surface area contributed by atoms with Gasteiger partial charge in [0, 0.05) is 23.6 Å². The molecule has 0 fully saturated rings. The number of carbonyl (C=O) groups excluding carboxylic acids is 2. The molecule has 0 atom stereocenters. The Hall–Kier alpha value is -3.71. The SMILES string of the molecule is CN(c1[nH]c2c(C(=O)C(=O)c3ccc(C(C)(C)C)cc3)cccc2c1-c1ccccc1)S(C)(=O)=O. The van der Waals surface area contributed by atoms with E-state index in [4.69, 9.17) is 0 Å². The molecule has 0 aliphatic carbocycles. The van der Waals surface area contributed by atoms with E-state index in [0.717, 1.165) is 21.7 Å². The fraction of sp³-hybridized carbons (Fsp3) is 0.214. The van der Waals surface area contributed by atoms with Gasteiger partial charge in [0.05, 0.1) is 17.3 Å². The molecule has 0 aliphatic heterocycles. The number of para-hydroxylation sites is 1. The highest BCUT2D eigenvalue weighted by molar-refractivity contribution is 7.92. The van der Waals surface area contributed by atoms with Crippen molar-refractivity contribution in [2.75, 3.05) is 17.6 Å². The summed E-state index contributed by atoms with van der Waals surface area (Å²) in [7, 11) is -2.14. The molecule has 35 heavy (non-hydrogen) atoms. The van der Waals surface area contributed by atoms with E-state index in [9.17, 15) is 18.0 Å². The van der Waals surface area contributed by atoms with Crippen LogP contribution in [0.4, 0.5) is 5.82 Å². The van der Waals surface area contributed by atoms with E-state index in [1.807, 2.05) is 48.5 Å². The summed E-state index contributed by atoms with van der Waals surface area (Å²) >= 11 is 0. The van der Waals surface area contributed by atoms with Crippen LogP contribution in [0.1, 0.15) is 47.1 Å². The summed E-state index contributed by atoms with van der Waals surface area (Å²) in [5, 5.41) is 0.656. The molecular formula is C28H28N2O4S. The highest BCUT2D eigenvalue weighted by Crippen LogP contribution is 2.39. The van der Waals surface area contributed by atoms with Crippen molar-refractivity contribution in [3.8, 4) is 11.1 Å². The minimum atomic E-state index is -3.59. The number of fused-ring (bicyclic) bond motifs is 1. The Balaban J connectivity index is 1.86. The fourth-order valence-corrected chi connectivity index (χ4v) is 4.54. The number of ketones is 2. The summed E-state index contributed by atoms with van der Waals surface area (Å²) in [5.41, 5.74) is 3.34. The summed E-state index contributed by atoms with van der Waals surface area (Å²) in [5.74, 6) is -0.948. The van der Waals surface area contributed by atoms with Crippen LogP contribution >= 0.6 is 0 Å². The molecule has 0 radical (unpaired) electrons. The maximum absolute atomic E-state index is 13.4. The lowest BCUT2D eigenvalue weighted by molar-refractivity contribution is 0.0818. The fourth-order valence-electron chi connectivity index (χ4n) is 4.07. The smallest absolute Gasteiger partial charge is 0.235 e. The monoisotopic (exact) mass is 488 g/mol. The molecule has 4 rings (SSSR count). The molecule has 0 bridgehead atoms. The average Bonchev–Trinajstić information content (AvgIpc) is 3.21. The maximum atomic E-state index is 13.4. The lowest BCUT2D eigenvalue weighted by atomic mass is 9.86. The molecule has 0 aliphatic rings. The Kier molecular flexibility index (Phi) is 6.15. The van der Waals surface area contributed by atoms with Gasteiger partial charge in [-0.3, -0.25) is 13.9 Å². The van der Waals surface area contributed by atoms with E-state index >= 15 is 0 Å². The van der Waals surface area contributed by atoms with Crippen LogP contribution in [0.3, 0.4) is 0 Å². The highest BCUT2D eigenvalue weighted by Gasteiger charge is 2.27. The van der Waals surface area contributed by atoms with Crippen molar-refractivity contribution in [2.24, 2.45) is 0 Å². The summed E-state index contributed by atoms with van der Waals surface area (Å²) in [6, 6.07) is 21.5. The van der Waals surface area contributed by atoms with Crippen LogP contribution in [0.2, 0.25) is 0 Å². The number of rotatable bonds is 6. The molecule has 0 amide bonds. The number of aromatic amines is 1. The molecule has 0 unspecified atom stereocenters. The number of nitrogens with one attached hydrogen (secondary N) is 1. The molecular weight excluding hydrogens is 460 g/mol. The second-order valence-electron chi connectivity index (χ2n) is 9.66. The van der Waals surface area contributed by atoms with Crippen molar-refractivity contribution >= 4 is 38.3 Å². The zero-order valence-electron chi connectivity index (χ0n) is 20.4. The molecule has 7 heteroatoms. The third-order valence-corrected chi connectivity index (χ3v) is 7.33. The van der Waals surface area contributed by atoms with E-state index in [2.05, 4.69) is 25.8 Å². The Labute approximate surface area is 205 Å². The Morgan fingerprint density at radius 3 is 2.03 bits per heavy atom. The van der Waals surface area contributed by atoms with Crippen LogP contribution in [0.25, 0.3) is 22.0 Å². The number of hydrogen-bond acceptors (Lipinski definition) is 4. The average molecular weight is 489 g/mol. The predicted octanol–water partition coefficient (Wildman–Crippen LogP) is 5.59. The second kappa shape index (κ2) is 8.82. The maximum Gasteiger partial charge on any atom is 0.235 e. The number of benzene rings is 3. The Morgan fingerprint density at radius 1 is 0.829 bits per heavy atom. The molecule has 0 saturated carbocycles. The van der Waals surface area contributed by atoms with Crippen molar-refractivity contribution in [3.63, 3.8) is 0 Å². The van der Waals surface area contributed by atoms with Crippen molar-refractivity contribution in [1.82, 2.24) is 4.98 Å². The first-order valence-corrected chi connectivity index (χ1v) is 13.1. The lowest BCUT2D eigenvalue weighted by Gasteiger charge is -2.18. The second-order valence-corrected chi connectivity index (χ2v) is 11.7. The molecule has 1 heterocycles. The topological polar surface area (TPSA) is 87.3 Å². The van der Waals surface area contributed by atoms with Gasteiger partial charge in [-0.25, -0.2) is 8.42 Å². The number of sulfonamides is 1. The van der Waals surface area contributed by atoms with Gasteiger partial charge >= 0.3 is 0 Å². The summed E-state index contributed by atoms with van der Waals surface area (Å²) in [6.07, 6.45) is 1.12. The molecule has 0 saturated heterocycles. The van der Waals surface area contributed by atoms with Crippen LogP contribution in [-0.4, -0.2) is 38.3 Å². The lowest BCUT2D eigenvalue weighted by Crippen LogP contribution is -2.25. The number of aromatic nitrogens is 1. The quantitative estimate of drug-likeness (QED) is 0.283. The molecule has 1 aromatic heterocycles. The zero-order chi connectivity index (χ0) is 25.5. The number of carbonyl (C=O) groups is 2. The number of hydrogen-bond donors (Lipinski definition) is 1. The number of nitrogens with zero attached hydrogens (tertiary/aromatic N) is 1. The van der Waals surface area contributed by atoms with Gasteiger partial charge in [0.1, 0.15) is 5.82 Å². The van der Waals surface area contributed by atoms with Crippen LogP contribution < -0.4 is 4.31 Å². The van der Waals surface area contributed by atoms with Gasteiger partial charge in [-0.1, -0.05) is 87.5 Å². The van der Waals surface area contributed by atoms with Crippen LogP contribution in [0.5, 0.6) is 0 Å². The van der Waals surface area contributed by atoms with Gasteiger partial charge in [0.25, 0.3) is 0 Å². The summed E-state index contributed by atoms with van der Waals surface area (Å²) < 4.78 is 25.9. The highest BCUT2D eigenvalue weighted by atomic mass is 32.2. The first-order chi connectivity index (χ1) is 16.4.